The van der Waals surface area contributed by atoms with Crippen LogP contribution in [0, 0.1) is 5.41 Å². The van der Waals surface area contributed by atoms with Crippen LogP contribution in [0.25, 0.3) is 0 Å². The molecule has 2 aliphatic heterocycles. The second kappa shape index (κ2) is 7.40. The van der Waals surface area contributed by atoms with Crippen LogP contribution in [0.15, 0.2) is 24.3 Å². The van der Waals surface area contributed by atoms with Crippen LogP contribution in [-0.4, -0.2) is 63.9 Å². The van der Waals surface area contributed by atoms with E-state index in [0.717, 1.165) is 50.5 Å². The van der Waals surface area contributed by atoms with Crippen molar-refractivity contribution in [2.75, 3.05) is 57.9 Å². The molecule has 0 aliphatic carbocycles. The average Bonchev–Trinajstić information content (AvgIpc) is 2.68. The van der Waals surface area contributed by atoms with Crippen molar-refractivity contribution in [3.05, 3.63) is 24.3 Å². The van der Waals surface area contributed by atoms with Gasteiger partial charge in [-0.25, -0.2) is 0 Å². The maximum atomic E-state index is 13.0. The number of methoxy groups -OCH3 is 1. The molecular formula is C18H27N3O3. The number of piperazine rings is 1. The summed E-state index contributed by atoms with van der Waals surface area (Å²) in [4.78, 5) is 17.3. The van der Waals surface area contributed by atoms with Crippen molar-refractivity contribution >= 4 is 11.6 Å². The zero-order chi connectivity index (χ0) is 17.0. The predicted octanol–water partition coefficient (Wildman–Crippen LogP) is 1.10. The lowest BCUT2D eigenvalue weighted by atomic mass is 9.78. The summed E-state index contributed by atoms with van der Waals surface area (Å²) in [6.45, 7) is 4.72. The standard InChI is InChI=1S/C18H27N3O3/c1-23-16-5-3-2-4-15(16)20-8-10-21(11-9-20)17(22)18(14-19)6-12-24-13-7-18/h2-5H,6-14,19H2,1H3. The van der Waals surface area contributed by atoms with Gasteiger partial charge < -0.3 is 25.0 Å². The number of anilines is 1. The molecular weight excluding hydrogens is 306 g/mol. The van der Waals surface area contributed by atoms with Gasteiger partial charge in [-0.15, -0.1) is 0 Å². The van der Waals surface area contributed by atoms with E-state index in [1.165, 1.54) is 0 Å². The molecule has 0 radical (unpaired) electrons. The number of nitrogens with two attached hydrogens (primary N) is 1. The van der Waals surface area contributed by atoms with Crippen molar-refractivity contribution in [1.82, 2.24) is 4.90 Å². The average molecular weight is 333 g/mol. The summed E-state index contributed by atoms with van der Waals surface area (Å²) in [6, 6.07) is 8.02. The molecule has 1 aromatic carbocycles. The van der Waals surface area contributed by atoms with Gasteiger partial charge in [-0.2, -0.15) is 0 Å². The Bertz CT molecular complexity index is 564. The van der Waals surface area contributed by atoms with Crippen LogP contribution < -0.4 is 15.4 Å². The highest BCUT2D eigenvalue weighted by Crippen LogP contribution is 2.33. The van der Waals surface area contributed by atoms with Crippen LogP contribution in [0.2, 0.25) is 0 Å². The monoisotopic (exact) mass is 333 g/mol. The van der Waals surface area contributed by atoms with Gasteiger partial charge in [0.2, 0.25) is 5.91 Å². The SMILES string of the molecule is COc1ccccc1N1CCN(C(=O)C2(CN)CCOCC2)CC1. The van der Waals surface area contributed by atoms with E-state index < -0.39 is 5.41 Å². The second-order valence-electron chi connectivity index (χ2n) is 6.55. The van der Waals surface area contributed by atoms with Gasteiger partial charge in [0.15, 0.2) is 0 Å². The summed E-state index contributed by atoms with van der Waals surface area (Å²) in [5.41, 5.74) is 6.64. The van der Waals surface area contributed by atoms with Gasteiger partial charge in [0.25, 0.3) is 0 Å². The molecule has 0 bridgehead atoms. The van der Waals surface area contributed by atoms with Crippen molar-refractivity contribution < 1.29 is 14.3 Å². The van der Waals surface area contributed by atoms with Gasteiger partial charge >= 0.3 is 0 Å². The molecule has 0 aromatic heterocycles. The maximum absolute atomic E-state index is 13.0. The smallest absolute Gasteiger partial charge is 0.230 e. The summed E-state index contributed by atoms with van der Waals surface area (Å²) in [5.74, 6) is 1.08. The molecule has 0 spiro atoms. The van der Waals surface area contributed by atoms with Crippen molar-refractivity contribution in [3.8, 4) is 5.75 Å². The van der Waals surface area contributed by atoms with Gasteiger partial charge in [0.05, 0.1) is 18.2 Å². The van der Waals surface area contributed by atoms with Crippen LogP contribution >= 0.6 is 0 Å². The minimum atomic E-state index is -0.426. The van der Waals surface area contributed by atoms with Crippen molar-refractivity contribution in [2.45, 2.75) is 12.8 Å². The first-order valence-corrected chi connectivity index (χ1v) is 8.65. The topological polar surface area (TPSA) is 68.0 Å². The van der Waals surface area contributed by atoms with E-state index in [0.29, 0.717) is 19.8 Å². The molecule has 24 heavy (non-hydrogen) atoms. The lowest BCUT2D eigenvalue weighted by Gasteiger charge is -2.43. The van der Waals surface area contributed by atoms with E-state index >= 15 is 0 Å². The Morgan fingerprint density at radius 1 is 1.21 bits per heavy atom. The molecule has 0 atom stereocenters. The number of nitrogens with zero attached hydrogens (tertiary/aromatic N) is 2. The van der Waals surface area contributed by atoms with Crippen molar-refractivity contribution in [2.24, 2.45) is 11.1 Å². The molecule has 6 heteroatoms. The number of hydrogen-bond donors (Lipinski definition) is 1. The minimum absolute atomic E-state index is 0.202. The summed E-state index contributed by atoms with van der Waals surface area (Å²) >= 11 is 0. The predicted molar refractivity (Wildman–Crippen MR) is 93.3 cm³/mol. The van der Waals surface area contributed by atoms with E-state index in [-0.39, 0.29) is 5.91 Å². The first-order chi connectivity index (χ1) is 11.7. The molecule has 1 aromatic rings. The molecule has 6 nitrogen and oxygen atoms in total. The molecule has 3 rings (SSSR count). The van der Waals surface area contributed by atoms with Crippen LogP contribution in [0.3, 0.4) is 0 Å². The Kier molecular flexibility index (Phi) is 5.26. The van der Waals surface area contributed by atoms with Gasteiger partial charge in [0.1, 0.15) is 5.75 Å². The molecule has 0 unspecified atom stereocenters. The first-order valence-electron chi connectivity index (χ1n) is 8.65. The van der Waals surface area contributed by atoms with Gasteiger partial charge in [-0.3, -0.25) is 4.79 Å². The quantitative estimate of drug-likeness (QED) is 0.894. The third-order valence-corrected chi connectivity index (χ3v) is 5.29. The number of benzene rings is 1. The molecule has 2 fully saturated rings. The fraction of sp³-hybridized carbons (Fsp3) is 0.611. The first kappa shape index (κ1) is 17.0. The molecule has 2 N–H and O–H groups in total. The Labute approximate surface area is 143 Å². The highest BCUT2D eigenvalue weighted by atomic mass is 16.5. The third kappa shape index (κ3) is 3.21. The lowest BCUT2D eigenvalue weighted by molar-refractivity contribution is -0.147. The Balaban J connectivity index is 1.65. The summed E-state index contributed by atoms with van der Waals surface area (Å²) in [5, 5.41) is 0. The molecule has 1 amide bonds. The third-order valence-electron chi connectivity index (χ3n) is 5.29. The number of ether oxygens (including phenoxy) is 2. The van der Waals surface area contributed by atoms with Gasteiger partial charge in [-0.1, -0.05) is 12.1 Å². The minimum Gasteiger partial charge on any atom is -0.495 e. The van der Waals surface area contributed by atoms with Crippen LogP contribution in [0.5, 0.6) is 5.75 Å². The van der Waals surface area contributed by atoms with Gasteiger partial charge in [0, 0.05) is 45.9 Å². The van der Waals surface area contributed by atoms with Gasteiger partial charge in [-0.05, 0) is 25.0 Å². The molecule has 132 valence electrons. The summed E-state index contributed by atoms with van der Waals surface area (Å²) < 4.78 is 10.9. The highest BCUT2D eigenvalue weighted by Gasteiger charge is 2.42. The fourth-order valence-corrected chi connectivity index (χ4v) is 3.64. The summed E-state index contributed by atoms with van der Waals surface area (Å²) in [6.07, 6.45) is 1.46. The zero-order valence-corrected chi connectivity index (χ0v) is 14.4. The highest BCUT2D eigenvalue weighted by molar-refractivity contribution is 5.83. The molecule has 2 aliphatic rings. The van der Waals surface area contributed by atoms with Crippen LogP contribution in [0.4, 0.5) is 5.69 Å². The molecule has 2 saturated heterocycles. The number of hydrogen-bond acceptors (Lipinski definition) is 5. The van der Waals surface area contributed by atoms with E-state index in [9.17, 15) is 4.79 Å². The number of carbonyl (C=O) groups excluding carboxylic acids is 1. The van der Waals surface area contributed by atoms with Crippen molar-refractivity contribution in [3.63, 3.8) is 0 Å². The number of rotatable bonds is 4. The molecule has 0 saturated carbocycles. The van der Waals surface area contributed by atoms with E-state index in [4.69, 9.17) is 15.2 Å². The normalized spacial score (nSPS) is 20.8. The maximum Gasteiger partial charge on any atom is 0.230 e. The summed E-state index contributed by atoms with van der Waals surface area (Å²) in [7, 11) is 1.69. The zero-order valence-electron chi connectivity index (χ0n) is 14.4. The van der Waals surface area contributed by atoms with E-state index in [1.54, 1.807) is 7.11 Å². The van der Waals surface area contributed by atoms with E-state index in [2.05, 4.69) is 11.0 Å². The Hall–Kier alpha value is -1.79. The fourth-order valence-electron chi connectivity index (χ4n) is 3.64. The lowest BCUT2D eigenvalue weighted by Crippen LogP contribution is -2.56. The van der Waals surface area contributed by atoms with Crippen molar-refractivity contribution in [1.29, 1.82) is 0 Å². The number of amides is 1. The van der Waals surface area contributed by atoms with Crippen LogP contribution in [0.1, 0.15) is 12.8 Å². The Morgan fingerprint density at radius 3 is 2.50 bits per heavy atom. The Morgan fingerprint density at radius 2 is 1.88 bits per heavy atom. The van der Waals surface area contributed by atoms with E-state index in [1.807, 2.05) is 23.1 Å². The number of carbonyl (C=O) groups is 1. The number of para-hydroxylation sites is 2. The van der Waals surface area contributed by atoms with Crippen LogP contribution in [-0.2, 0) is 9.53 Å². The molecule has 2 heterocycles. The largest absolute Gasteiger partial charge is 0.495 e. The second-order valence-corrected chi connectivity index (χ2v) is 6.55.